The number of pyridine rings is 1. The molecule has 1 N–H and O–H groups in total. The summed E-state index contributed by atoms with van der Waals surface area (Å²) in [6.07, 6.45) is 0. The van der Waals surface area contributed by atoms with Crippen LogP contribution >= 0.6 is 11.6 Å². The third-order valence-corrected chi connectivity index (χ3v) is 4.58. The second-order valence-corrected chi connectivity index (χ2v) is 7.62. The van der Waals surface area contributed by atoms with Gasteiger partial charge < -0.3 is 5.32 Å². The van der Waals surface area contributed by atoms with Crippen molar-refractivity contribution in [2.45, 2.75) is 60.7 Å². The molecule has 0 aliphatic carbocycles. The van der Waals surface area contributed by atoms with Gasteiger partial charge in [-0.15, -0.1) is 0 Å². The number of hydrogen-bond donors (Lipinski definition) is 1. The summed E-state index contributed by atoms with van der Waals surface area (Å²) in [4.78, 5) is 14.8. The lowest BCUT2D eigenvalue weighted by molar-refractivity contribution is -0.445. The molecule has 1 amide bonds. The number of amides is 1. The molecule has 0 radical (unpaired) electrons. The molecule has 0 atom stereocenters. The van der Waals surface area contributed by atoms with Crippen LogP contribution in [0.4, 0.5) is 76.1 Å². The van der Waals surface area contributed by atoms with Crippen molar-refractivity contribution in [1.29, 1.82) is 0 Å². The number of hydrogen-bond acceptors (Lipinski definition) is 2. The zero-order valence-corrected chi connectivity index (χ0v) is 17.7. The van der Waals surface area contributed by atoms with Crippen LogP contribution in [0.1, 0.15) is 11.3 Å². The van der Waals surface area contributed by atoms with E-state index in [9.17, 15) is 75.0 Å². The zero-order chi connectivity index (χ0) is 29.1. The third kappa shape index (κ3) is 4.40. The van der Waals surface area contributed by atoms with E-state index < -0.39 is 58.6 Å². The van der Waals surface area contributed by atoms with Crippen LogP contribution < -0.4 is 5.32 Å². The zero-order valence-electron chi connectivity index (χ0n) is 16.9. The molecule has 0 spiro atoms. The Kier molecular flexibility index (Phi) is 7.67. The van der Waals surface area contributed by atoms with Gasteiger partial charge in [0.1, 0.15) is 5.82 Å². The molecule has 1 heterocycles. The van der Waals surface area contributed by atoms with Gasteiger partial charge in [-0.3, -0.25) is 4.79 Å². The molecule has 0 saturated heterocycles. The van der Waals surface area contributed by atoms with Crippen molar-refractivity contribution >= 4 is 23.3 Å². The highest BCUT2D eigenvalue weighted by molar-refractivity contribution is 6.22. The molecular weight excluding hydrogens is 576 g/mol. The number of halogens is 17. The van der Waals surface area contributed by atoms with Gasteiger partial charge in [-0.2, -0.15) is 70.2 Å². The predicted octanol–water partition coefficient (Wildman–Crippen LogP) is 6.92. The smallest absolute Gasteiger partial charge is 0.305 e. The van der Waals surface area contributed by atoms with E-state index in [1.54, 1.807) is 0 Å². The summed E-state index contributed by atoms with van der Waals surface area (Å²) >= 11 is 3.43. The third-order valence-electron chi connectivity index (χ3n) is 4.35. The van der Waals surface area contributed by atoms with E-state index in [0.717, 1.165) is 12.2 Å². The quantitative estimate of drug-likeness (QED) is 0.253. The lowest BCUT2D eigenvalue weighted by Gasteiger charge is -2.42. The first kappa shape index (κ1) is 31.8. The van der Waals surface area contributed by atoms with E-state index in [0.29, 0.717) is 6.07 Å². The van der Waals surface area contributed by atoms with E-state index in [2.05, 4.69) is 16.6 Å². The maximum atomic E-state index is 13.9. The molecule has 1 rings (SSSR count). The summed E-state index contributed by atoms with van der Waals surface area (Å²) in [6, 6.07) is 1.84. The van der Waals surface area contributed by atoms with Crippen molar-refractivity contribution in [3.8, 4) is 0 Å². The molecule has 1 aromatic heterocycles. The van der Waals surface area contributed by atoms with Crippen LogP contribution in [0.25, 0.3) is 0 Å². The Hall–Kier alpha value is -2.21. The highest BCUT2D eigenvalue weighted by atomic mass is 35.5. The summed E-state index contributed by atoms with van der Waals surface area (Å²) in [5, 5.41) is -6.09. The molecule has 1 aromatic rings. The molecule has 0 aliphatic heterocycles. The maximum absolute atomic E-state index is 13.9. The number of nitrogens with one attached hydrogen (secondary N) is 1. The Morgan fingerprint density at radius 2 is 1.03 bits per heavy atom. The second-order valence-electron chi connectivity index (χ2n) is 7.14. The molecule has 0 saturated carbocycles. The van der Waals surface area contributed by atoms with Gasteiger partial charge in [0.15, 0.2) is 0 Å². The van der Waals surface area contributed by atoms with Crippen molar-refractivity contribution in [3.63, 3.8) is 0 Å². The van der Waals surface area contributed by atoms with Gasteiger partial charge in [-0.05, 0) is 43.1 Å². The number of nitrogens with zero attached hydrogens (tertiary/aromatic N) is 1. The monoisotopic (exact) mass is 584 g/mol. The number of anilines is 1. The van der Waals surface area contributed by atoms with Gasteiger partial charge in [-0.25, -0.2) is 4.98 Å². The fourth-order valence-electron chi connectivity index (χ4n) is 2.41. The molecule has 0 aromatic carbocycles. The average molecular weight is 585 g/mol. The van der Waals surface area contributed by atoms with E-state index in [1.807, 2.05) is 0 Å². The van der Waals surface area contributed by atoms with Gasteiger partial charge in [0.05, 0.1) is 0 Å². The summed E-state index contributed by atoms with van der Waals surface area (Å²) in [5.41, 5.74) is -0.0419. The number of carbonyl (C=O) groups excluding carboxylic acids is 1. The van der Waals surface area contributed by atoms with Crippen LogP contribution in [0.5, 0.6) is 0 Å². The standard InChI is InChI=1S/C16H9ClF16N2O/c1-5-3-6(2)34-7(4-5)35-8(36)9(18,19)10(20,21)11(22,23)12(24,25)13(26,27)14(28,29)15(30,31)16(17,32)33/h3-4H,1-2H3,(H,34,35,36). The van der Waals surface area contributed by atoms with Crippen molar-refractivity contribution in [3.05, 3.63) is 23.4 Å². The van der Waals surface area contributed by atoms with E-state index in [-0.39, 0.29) is 11.3 Å². The highest BCUT2D eigenvalue weighted by Gasteiger charge is 2.95. The lowest BCUT2D eigenvalue weighted by atomic mass is 9.89. The predicted molar refractivity (Wildman–Crippen MR) is 87.8 cm³/mol. The van der Waals surface area contributed by atoms with Crippen LogP contribution in [-0.2, 0) is 4.79 Å². The van der Waals surface area contributed by atoms with Gasteiger partial charge in [0.25, 0.3) is 0 Å². The van der Waals surface area contributed by atoms with Crippen molar-refractivity contribution in [1.82, 2.24) is 4.98 Å². The topological polar surface area (TPSA) is 42.0 Å². The fourth-order valence-corrected chi connectivity index (χ4v) is 2.53. The maximum Gasteiger partial charge on any atom is 0.393 e. The van der Waals surface area contributed by atoms with Crippen LogP contribution in [0.2, 0.25) is 0 Å². The Bertz CT molecular complexity index is 984. The average Bonchev–Trinajstić information content (AvgIpc) is 2.65. The molecule has 20 heteroatoms. The van der Waals surface area contributed by atoms with Crippen molar-refractivity contribution in [2.75, 3.05) is 5.32 Å². The molecule has 3 nitrogen and oxygen atoms in total. The van der Waals surface area contributed by atoms with Crippen LogP contribution in [0.3, 0.4) is 0 Å². The number of carbonyl (C=O) groups is 1. The highest BCUT2D eigenvalue weighted by Crippen LogP contribution is 2.64. The molecule has 0 aliphatic rings. The number of aryl methyl sites for hydroxylation is 2. The van der Waals surface area contributed by atoms with E-state index in [1.165, 1.54) is 13.0 Å². The molecule has 0 bridgehead atoms. The normalized spacial score (nSPS) is 15.2. The Labute approximate surface area is 193 Å². The van der Waals surface area contributed by atoms with Crippen LogP contribution in [-0.4, -0.2) is 57.7 Å². The summed E-state index contributed by atoms with van der Waals surface area (Å²) in [5.74, 6) is -61.8. The number of aromatic nitrogens is 1. The first-order valence-corrected chi connectivity index (χ1v) is 8.90. The lowest BCUT2D eigenvalue weighted by Crippen LogP contribution is -2.75. The number of rotatable bonds is 9. The van der Waals surface area contributed by atoms with E-state index >= 15 is 0 Å². The molecular formula is C16H9ClF16N2O. The number of alkyl halides is 17. The first-order chi connectivity index (χ1) is 15.5. The molecule has 208 valence electrons. The second kappa shape index (κ2) is 8.68. The van der Waals surface area contributed by atoms with Gasteiger partial charge in [0, 0.05) is 5.69 Å². The summed E-state index contributed by atoms with van der Waals surface area (Å²) in [6.45, 7) is 2.33. The van der Waals surface area contributed by atoms with Gasteiger partial charge in [-0.1, -0.05) is 0 Å². The van der Waals surface area contributed by atoms with E-state index in [4.69, 9.17) is 0 Å². The van der Waals surface area contributed by atoms with Crippen molar-refractivity contribution < 1.29 is 75.0 Å². The molecule has 0 fully saturated rings. The Morgan fingerprint density at radius 1 is 0.667 bits per heavy atom. The van der Waals surface area contributed by atoms with Gasteiger partial charge >= 0.3 is 52.7 Å². The molecule has 0 unspecified atom stereocenters. The minimum atomic E-state index is -8.64. The first-order valence-electron chi connectivity index (χ1n) is 8.52. The SMILES string of the molecule is Cc1cc(C)nc(NC(=O)C(F)(F)C(F)(F)C(F)(F)C(F)(F)C(F)(F)C(F)(F)C(F)(F)C(F)(F)Cl)c1. The minimum absolute atomic E-state index is 0.0728. The van der Waals surface area contributed by atoms with Crippen LogP contribution in [0.15, 0.2) is 12.1 Å². The minimum Gasteiger partial charge on any atom is -0.305 e. The van der Waals surface area contributed by atoms with Gasteiger partial charge in [0.2, 0.25) is 0 Å². The fraction of sp³-hybridized carbons (Fsp3) is 0.625. The Morgan fingerprint density at radius 3 is 1.39 bits per heavy atom. The van der Waals surface area contributed by atoms with Crippen LogP contribution in [0, 0.1) is 13.8 Å². The largest absolute Gasteiger partial charge is 0.393 e. The van der Waals surface area contributed by atoms with Crippen molar-refractivity contribution in [2.24, 2.45) is 0 Å². The molecule has 36 heavy (non-hydrogen) atoms. The Balaban J connectivity index is 3.59. The summed E-state index contributed by atoms with van der Waals surface area (Å²) < 4.78 is 215. The summed E-state index contributed by atoms with van der Waals surface area (Å²) in [7, 11) is 0.